The molecule has 1 aliphatic carbocycles. The van der Waals surface area contributed by atoms with Crippen LogP contribution in [0.1, 0.15) is 37.7 Å². The maximum Gasteiger partial charge on any atom is 0.116 e. The number of hydrogen-bond acceptors (Lipinski definition) is 3. The summed E-state index contributed by atoms with van der Waals surface area (Å²) in [5, 5.41) is 13.9. The quantitative estimate of drug-likeness (QED) is 0.878. The van der Waals surface area contributed by atoms with Crippen molar-refractivity contribution in [2.45, 2.75) is 51.0 Å². The van der Waals surface area contributed by atoms with Crippen molar-refractivity contribution in [1.82, 2.24) is 5.32 Å². The van der Waals surface area contributed by atoms with Gasteiger partial charge >= 0.3 is 0 Å². The molecule has 1 saturated heterocycles. The lowest BCUT2D eigenvalue weighted by Crippen LogP contribution is -2.50. The minimum atomic E-state index is -0.211. The van der Waals surface area contributed by atoms with Gasteiger partial charge in [0.05, 0.1) is 6.10 Å². The van der Waals surface area contributed by atoms with Gasteiger partial charge < -0.3 is 9.84 Å². The molecular formula is C16H23NO2. The Bertz CT molecular complexity index is 408. The summed E-state index contributed by atoms with van der Waals surface area (Å²) >= 11 is 0. The van der Waals surface area contributed by atoms with E-state index in [1.807, 2.05) is 6.07 Å². The summed E-state index contributed by atoms with van der Waals surface area (Å²) in [5.74, 6) is 0. The molecule has 1 heterocycles. The molecule has 2 N–H and O–H groups in total. The molecular weight excluding hydrogens is 238 g/mol. The van der Waals surface area contributed by atoms with Crippen LogP contribution < -0.4 is 5.32 Å². The molecule has 0 amide bonds. The molecule has 0 aromatic heterocycles. The van der Waals surface area contributed by atoms with Gasteiger partial charge in [0.1, 0.15) is 6.23 Å². The van der Waals surface area contributed by atoms with Gasteiger partial charge in [-0.15, -0.1) is 0 Å². The van der Waals surface area contributed by atoms with Gasteiger partial charge in [-0.25, -0.2) is 0 Å². The standard InChI is InChI=1S/C16H23NO2/c18-14-8-4-5-9-16(14)10-11-19-15(16)17-12-13-6-2-1-3-7-13/h1-3,6-7,14-15,17-18H,4-5,8-12H2. The van der Waals surface area contributed by atoms with Crippen LogP contribution in [0.2, 0.25) is 0 Å². The lowest BCUT2D eigenvalue weighted by Gasteiger charge is -2.41. The third-order valence-electron chi connectivity index (χ3n) is 4.74. The Kier molecular flexibility index (Phi) is 3.87. The Morgan fingerprint density at radius 1 is 1.21 bits per heavy atom. The van der Waals surface area contributed by atoms with Crippen LogP contribution in [-0.2, 0) is 11.3 Å². The highest BCUT2D eigenvalue weighted by Crippen LogP contribution is 2.46. The molecule has 19 heavy (non-hydrogen) atoms. The minimum absolute atomic E-state index is 0.00278. The second-order valence-corrected chi connectivity index (χ2v) is 5.86. The largest absolute Gasteiger partial charge is 0.392 e. The summed E-state index contributed by atoms with van der Waals surface area (Å²) in [7, 11) is 0. The van der Waals surface area contributed by atoms with E-state index in [0.29, 0.717) is 0 Å². The molecule has 3 unspecified atom stereocenters. The molecule has 0 radical (unpaired) electrons. The fourth-order valence-electron chi connectivity index (χ4n) is 3.58. The molecule has 1 aromatic carbocycles. The first kappa shape index (κ1) is 13.1. The SMILES string of the molecule is OC1CCCCC12CCOC2NCc1ccccc1. The lowest BCUT2D eigenvalue weighted by molar-refractivity contribution is -0.0762. The predicted molar refractivity (Wildman–Crippen MR) is 74.5 cm³/mol. The molecule has 1 aliphatic heterocycles. The van der Waals surface area contributed by atoms with E-state index in [4.69, 9.17) is 4.74 Å². The molecule has 1 saturated carbocycles. The van der Waals surface area contributed by atoms with Crippen LogP contribution >= 0.6 is 0 Å². The molecule has 3 nitrogen and oxygen atoms in total. The van der Waals surface area contributed by atoms with Gasteiger partial charge in [-0.1, -0.05) is 43.2 Å². The zero-order valence-electron chi connectivity index (χ0n) is 11.3. The van der Waals surface area contributed by atoms with Crippen LogP contribution in [0, 0.1) is 5.41 Å². The van der Waals surface area contributed by atoms with Crippen molar-refractivity contribution < 1.29 is 9.84 Å². The Morgan fingerprint density at radius 2 is 2.05 bits per heavy atom. The third-order valence-corrected chi connectivity index (χ3v) is 4.74. The van der Waals surface area contributed by atoms with Crippen molar-refractivity contribution in [3.63, 3.8) is 0 Å². The lowest BCUT2D eigenvalue weighted by atomic mass is 9.69. The van der Waals surface area contributed by atoms with Crippen LogP contribution in [0.25, 0.3) is 0 Å². The van der Waals surface area contributed by atoms with Crippen molar-refractivity contribution in [2.75, 3.05) is 6.61 Å². The highest BCUT2D eigenvalue weighted by Gasteiger charge is 2.50. The van der Waals surface area contributed by atoms with Crippen LogP contribution in [0.15, 0.2) is 30.3 Å². The van der Waals surface area contributed by atoms with E-state index in [-0.39, 0.29) is 17.7 Å². The van der Waals surface area contributed by atoms with Crippen molar-refractivity contribution in [3.05, 3.63) is 35.9 Å². The van der Waals surface area contributed by atoms with Crippen LogP contribution in [0.3, 0.4) is 0 Å². The number of hydrogen-bond donors (Lipinski definition) is 2. The van der Waals surface area contributed by atoms with Crippen molar-refractivity contribution in [3.8, 4) is 0 Å². The Hall–Kier alpha value is -0.900. The Morgan fingerprint density at radius 3 is 2.84 bits per heavy atom. The second-order valence-electron chi connectivity index (χ2n) is 5.86. The molecule has 104 valence electrons. The summed E-state index contributed by atoms with van der Waals surface area (Å²) in [6.45, 7) is 1.57. The Labute approximate surface area is 115 Å². The number of aliphatic hydroxyl groups excluding tert-OH is 1. The molecule has 1 spiro atoms. The van der Waals surface area contributed by atoms with Gasteiger partial charge in [0.25, 0.3) is 0 Å². The third kappa shape index (κ3) is 2.55. The summed E-state index contributed by atoms with van der Waals surface area (Å²) in [6.07, 6.45) is 5.15. The van der Waals surface area contributed by atoms with Crippen molar-refractivity contribution in [1.29, 1.82) is 0 Å². The van der Waals surface area contributed by atoms with Crippen molar-refractivity contribution >= 4 is 0 Å². The number of ether oxygens (including phenoxy) is 1. The summed E-state index contributed by atoms with van der Waals surface area (Å²) in [5.41, 5.74) is 1.21. The summed E-state index contributed by atoms with van der Waals surface area (Å²) in [6, 6.07) is 10.4. The molecule has 3 atom stereocenters. The zero-order chi connectivity index (χ0) is 13.1. The number of rotatable bonds is 3. The van der Waals surface area contributed by atoms with Gasteiger partial charge in [-0.05, 0) is 24.8 Å². The molecule has 0 bridgehead atoms. The van der Waals surface area contributed by atoms with E-state index in [1.54, 1.807) is 0 Å². The zero-order valence-corrected chi connectivity index (χ0v) is 11.3. The van der Waals surface area contributed by atoms with E-state index in [2.05, 4.69) is 29.6 Å². The van der Waals surface area contributed by atoms with Gasteiger partial charge in [-0.2, -0.15) is 0 Å². The Balaban J connectivity index is 1.66. The van der Waals surface area contributed by atoms with E-state index < -0.39 is 0 Å². The molecule has 2 aliphatic rings. The molecule has 2 fully saturated rings. The second kappa shape index (κ2) is 5.61. The first-order valence-electron chi connectivity index (χ1n) is 7.38. The molecule has 1 aromatic rings. The first-order chi connectivity index (χ1) is 9.31. The van der Waals surface area contributed by atoms with Gasteiger partial charge in [-0.3, -0.25) is 5.32 Å². The average molecular weight is 261 g/mol. The molecule has 3 heteroatoms. The highest BCUT2D eigenvalue weighted by atomic mass is 16.5. The normalized spacial score (nSPS) is 34.8. The summed E-state index contributed by atoms with van der Waals surface area (Å²) in [4.78, 5) is 0. The maximum absolute atomic E-state index is 10.4. The average Bonchev–Trinajstić information content (AvgIpc) is 2.85. The van der Waals surface area contributed by atoms with E-state index in [9.17, 15) is 5.11 Å². The fraction of sp³-hybridized carbons (Fsp3) is 0.625. The topological polar surface area (TPSA) is 41.5 Å². The van der Waals surface area contributed by atoms with E-state index in [1.165, 1.54) is 12.0 Å². The minimum Gasteiger partial charge on any atom is -0.392 e. The smallest absolute Gasteiger partial charge is 0.116 e. The van der Waals surface area contributed by atoms with Gasteiger partial charge in [0, 0.05) is 18.6 Å². The molecule has 3 rings (SSSR count). The number of nitrogens with one attached hydrogen (secondary N) is 1. The fourth-order valence-corrected chi connectivity index (χ4v) is 3.58. The maximum atomic E-state index is 10.4. The van der Waals surface area contributed by atoms with Crippen LogP contribution in [-0.4, -0.2) is 24.0 Å². The van der Waals surface area contributed by atoms with Crippen LogP contribution in [0.5, 0.6) is 0 Å². The van der Waals surface area contributed by atoms with Crippen molar-refractivity contribution in [2.24, 2.45) is 5.41 Å². The number of aliphatic hydroxyl groups is 1. The van der Waals surface area contributed by atoms with E-state index in [0.717, 1.165) is 38.8 Å². The predicted octanol–water partition coefficient (Wildman–Crippen LogP) is 2.44. The monoisotopic (exact) mass is 261 g/mol. The van der Waals surface area contributed by atoms with E-state index >= 15 is 0 Å². The highest BCUT2D eigenvalue weighted by molar-refractivity contribution is 5.14. The summed E-state index contributed by atoms with van der Waals surface area (Å²) < 4.78 is 5.87. The van der Waals surface area contributed by atoms with Gasteiger partial charge in [0.15, 0.2) is 0 Å². The van der Waals surface area contributed by atoms with Crippen LogP contribution in [0.4, 0.5) is 0 Å². The first-order valence-corrected chi connectivity index (χ1v) is 7.38. The number of benzene rings is 1. The van der Waals surface area contributed by atoms with Gasteiger partial charge in [0.2, 0.25) is 0 Å².